The highest BCUT2D eigenvalue weighted by Gasteiger charge is 2.12. The van der Waals surface area contributed by atoms with Crippen LogP contribution < -0.4 is 0 Å². The molecule has 0 atom stereocenters. The van der Waals surface area contributed by atoms with Gasteiger partial charge in [0.25, 0.3) is 0 Å². The Balaban J connectivity index is 2.33. The summed E-state index contributed by atoms with van der Waals surface area (Å²) in [6, 6.07) is 9.31. The van der Waals surface area contributed by atoms with E-state index in [1.165, 1.54) is 38.5 Å². The fraction of sp³-hybridized carbons (Fsp3) is 0.556. The van der Waals surface area contributed by atoms with Crippen molar-refractivity contribution in [1.82, 2.24) is 0 Å². The van der Waals surface area contributed by atoms with Crippen molar-refractivity contribution in [3.63, 3.8) is 0 Å². The fourth-order valence-corrected chi connectivity index (χ4v) is 2.52. The standard InChI is InChI=1S/C18H28N2O2/c1-2-3-4-5-6-7-8-12-15-17(19-21)18(20-22)16-13-10-9-11-14-16/h9-11,13-14,21-22H,2-8,12,15H2,1H3/b19-17-,20-18-. The maximum absolute atomic E-state index is 9.20. The first-order valence-electron chi connectivity index (χ1n) is 8.32. The SMILES string of the molecule is CCCCCCCCCCC(=N/O)/C(=N\O)c1ccccc1. The Morgan fingerprint density at radius 1 is 0.818 bits per heavy atom. The second kappa shape index (κ2) is 11.8. The largest absolute Gasteiger partial charge is 0.411 e. The van der Waals surface area contributed by atoms with Crippen LogP contribution in [0.5, 0.6) is 0 Å². The van der Waals surface area contributed by atoms with Crippen molar-refractivity contribution in [1.29, 1.82) is 0 Å². The molecule has 0 radical (unpaired) electrons. The number of oxime groups is 2. The minimum atomic E-state index is 0.353. The van der Waals surface area contributed by atoms with Gasteiger partial charge >= 0.3 is 0 Å². The minimum Gasteiger partial charge on any atom is -0.411 e. The van der Waals surface area contributed by atoms with Gasteiger partial charge in [0.1, 0.15) is 11.4 Å². The highest BCUT2D eigenvalue weighted by molar-refractivity contribution is 6.48. The molecule has 22 heavy (non-hydrogen) atoms. The maximum Gasteiger partial charge on any atom is 0.134 e. The highest BCUT2D eigenvalue weighted by Crippen LogP contribution is 2.12. The third-order valence-corrected chi connectivity index (χ3v) is 3.81. The molecule has 0 saturated heterocycles. The van der Waals surface area contributed by atoms with E-state index in [1.807, 2.05) is 30.3 Å². The summed E-state index contributed by atoms with van der Waals surface area (Å²) in [7, 11) is 0. The molecule has 122 valence electrons. The average molecular weight is 304 g/mol. The number of nitrogens with zero attached hydrogens (tertiary/aromatic N) is 2. The summed E-state index contributed by atoms with van der Waals surface area (Å²) in [5, 5.41) is 25.0. The molecule has 1 aromatic carbocycles. The molecule has 0 bridgehead atoms. The van der Waals surface area contributed by atoms with E-state index in [4.69, 9.17) is 0 Å². The molecule has 0 spiro atoms. The topological polar surface area (TPSA) is 65.2 Å². The minimum absolute atomic E-state index is 0.353. The van der Waals surface area contributed by atoms with Crippen molar-refractivity contribution >= 4 is 11.4 Å². The van der Waals surface area contributed by atoms with Crippen LogP contribution >= 0.6 is 0 Å². The second-order valence-electron chi connectivity index (χ2n) is 5.59. The molecule has 0 fully saturated rings. The number of rotatable bonds is 11. The molecule has 0 heterocycles. The van der Waals surface area contributed by atoms with Crippen molar-refractivity contribution in [3.05, 3.63) is 35.9 Å². The summed E-state index contributed by atoms with van der Waals surface area (Å²) >= 11 is 0. The van der Waals surface area contributed by atoms with Gasteiger partial charge in [-0.05, 0) is 12.8 Å². The molecule has 0 saturated carbocycles. The number of benzene rings is 1. The van der Waals surface area contributed by atoms with Crippen LogP contribution in [0.3, 0.4) is 0 Å². The van der Waals surface area contributed by atoms with Gasteiger partial charge in [-0.3, -0.25) is 0 Å². The van der Waals surface area contributed by atoms with E-state index < -0.39 is 0 Å². The molecule has 0 aliphatic rings. The van der Waals surface area contributed by atoms with Gasteiger partial charge in [0.15, 0.2) is 0 Å². The zero-order valence-electron chi connectivity index (χ0n) is 13.5. The maximum atomic E-state index is 9.20. The first kappa shape index (κ1) is 18.2. The first-order chi connectivity index (χ1) is 10.8. The molecular weight excluding hydrogens is 276 g/mol. The van der Waals surface area contributed by atoms with Crippen molar-refractivity contribution in [2.24, 2.45) is 10.3 Å². The Labute approximate surface area is 133 Å². The third-order valence-electron chi connectivity index (χ3n) is 3.81. The van der Waals surface area contributed by atoms with Crippen LogP contribution in [-0.2, 0) is 0 Å². The van der Waals surface area contributed by atoms with E-state index in [-0.39, 0.29) is 0 Å². The molecule has 2 N–H and O–H groups in total. The summed E-state index contributed by atoms with van der Waals surface area (Å²) in [5.41, 5.74) is 1.56. The number of hydrogen-bond donors (Lipinski definition) is 2. The van der Waals surface area contributed by atoms with Gasteiger partial charge < -0.3 is 10.4 Å². The van der Waals surface area contributed by atoms with E-state index in [2.05, 4.69) is 17.2 Å². The average Bonchev–Trinajstić information content (AvgIpc) is 2.57. The molecule has 0 unspecified atom stereocenters. The summed E-state index contributed by atoms with van der Waals surface area (Å²) in [5.74, 6) is 0. The molecule has 1 rings (SSSR count). The lowest BCUT2D eigenvalue weighted by atomic mass is 10.0. The van der Waals surface area contributed by atoms with Crippen molar-refractivity contribution in [2.45, 2.75) is 64.7 Å². The van der Waals surface area contributed by atoms with E-state index in [0.29, 0.717) is 17.8 Å². The van der Waals surface area contributed by atoms with Gasteiger partial charge in [-0.2, -0.15) is 0 Å². The van der Waals surface area contributed by atoms with E-state index >= 15 is 0 Å². The van der Waals surface area contributed by atoms with E-state index in [1.54, 1.807) is 0 Å². The van der Waals surface area contributed by atoms with E-state index in [0.717, 1.165) is 18.4 Å². The lowest BCUT2D eigenvalue weighted by Gasteiger charge is -2.07. The molecule has 0 aliphatic heterocycles. The summed E-state index contributed by atoms with van der Waals surface area (Å²) < 4.78 is 0. The van der Waals surface area contributed by atoms with Crippen LogP contribution in [0, 0.1) is 0 Å². The van der Waals surface area contributed by atoms with Crippen LogP contribution in [0.1, 0.15) is 70.3 Å². The lowest BCUT2D eigenvalue weighted by Crippen LogP contribution is -2.16. The first-order valence-corrected chi connectivity index (χ1v) is 8.32. The van der Waals surface area contributed by atoms with Crippen LogP contribution in [0.15, 0.2) is 40.6 Å². The van der Waals surface area contributed by atoms with Gasteiger partial charge in [0.2, 0.25) is 0 Å². The predicted molar refractivity (Wildman–Crippen MR) is 91.2 cm³/mol. The van der Waals surface area contributed by atoms with Gasteiger partial charge in [-0.15, -0.1) is 0 Å². The predicted octanol–water partition coefficient (Wildman–Crippen LogP) is 5.23. The Hall–Kier alpha value is -1.84. The van der Waals surface area contributed by atoms with Crippen molar-refractivity contribution in [2.75, 3.05) is 0 Å². The fourth-order valence-electron chi connectivity index (χ4n) is 2.52. The van der Waals surface area contributed by atoms with Crippen LogP contribution in [-0.4, -0.2) is 21.8 Å². The van der Waals surface area contributed by atoms with E-state index in [9.17, 15) is 10.4 Å². The number of unbranched alkanes of at least 4 members (excludes halogenated alkanes) is 7. The molecule has 0 aromatic heterocycles. The van der Waals surface area contributed by atoms with Crippen LogP contribution in [0.25, 0.3) is 0 Å². The summed E-state index contributed by atoms with van der Waals surface area (Å²) in [6.45, 7) is 2.22. The molecular formula is C18H28N2O2. The van der Waals surface area contributed by atoms with Crippen molar-refractivity contribution < 1.29 is 10.4 Å². The Morgan fingerprint density at radius 3 is 1.95 bits per heavy atom. The Kier molecular flexibility index (Phi) is 9.75. The Morgan fingerprint density at radius 2 is 1.41 bits per heavy atom. The quantitative estimate of drug-likeness (QED) is 0.254. The molecule has 4 nitrogen and oxygen atoms in total. The molecule has 1 aromatic rings. The normalized spacial score (nSPS) is 12.6. The zero-order chi connectivity index (χ0) is 16.0. The summed E-state index contributed by atoms with van der Waals surface area (Å²) in [4.78, 5) is 0. The van der Waals surface area contributed by atoms with Gasteiger partial charge in [0.05, 0.1) is 0 Å². The summed E-state index contributed by atoms with van der Waals surface area (Å²) in [6.07, 6.45) is 10.4. The highest BCUT2D eigenvalue weighted by atomic mass is 16.4. The number of hydrogen-bond acceptors (Lipinski definition) is 4. The molecule has 4 heteroatoms. The smallest absolute Gasteiger partial charge is 0.134 e. The second-order valence-corrected chi connectivity index (χ2v) is 5.59. The van der Waals surface area contributed by atoms with Gasteiger partial charge in [-0.25, -0.2) is 0 Å². The monoisotopic (exact) mass is 304 g/mol. The van der Waals surface area contributed by atoms with Crippen LogP contribution in [0.2, 0.25) is 0 Å². The van der Waals surface area contributed by atoms with Gasteiger partial charge in [0, 0.05) is 5.56 Å². The Bertz CT molecular complexity index is 455. The van der Waals surface area contributed by atoms with Gasteiger partial charge in [-0.1, -0.05) is 92.5 Å². The molecule has 0 aliphatic carbocycles. The third kappa shape index (κ3) is 6.74. The van der Waals surface area contributed by atoms with Crippen molar-refractivity contribution in [3.8, 4) is 0 Å². The molecule has 0 amide bonds. The van der Waals surface area contributed by atoms with Crippen LogP contribution in [0.4, 0.5) is 0 Å². The zero-order valence-corrected chi connectivity index (χ0v) is 13.5. The lowest BCUT2D eigenvalue weighted by molar-refractivity contribution is 0.313.